The van der Waals surface area contributed by atoms with Gasteiger partial charge in [-0.15, -0.1) is 0 Å². The molecular weight excluding hydrogens is 228 g/mol. The minimum Gasteiger partial charge on any atom is -0.383 e. The van der Waals surface area contributed by atoms with Gasteiger partial charge in [-0.25, -0.2) is 4.98 Å². The van der Waals surface area contributed by atoms with Crippen molar-refractivity contribution in [2.45, 2.75) is 32.9 Å². The van der Waals surface area contributed by atoms with Crippen LogP contribution in [0.5, 0.6) is 0 Å². The van der Waals surface area contributed by atoms with E-state index in [0.29, 0.717) is 25.6 Å². The lowest BCUT2D eigenvalue weighted by Crippen LogP contribution is -2.23. The third kappa shape index (κ3) is 2.54. The first-order valence-electron chi connectivity index (χ1n) is 6.30. The number of imidazole rings is 1. The van der Waals surface area contributed by atoms with Crippen molar-refractivity contribution in [3.63, 3.8) is 0 Å². The number of ether oxygens (including phenoxy) is 1. The molecule has 98 valence electrons. The molecular formula is C14H20N2O2. The molecule has 0 fully saturated rings. The molecule has 1 N–H and O–H groups in total. The molecule has 0 bridgehead atoms. The second-order valence-electron chi connectivity index (χ2n) is 4.83. The van der Waals surface area contributed by atoms with Crippen LogP contribution >= 0.6 is 0 Å². The van der Waals surface area contributed by atoms with Crippen molar-refractivity contribution >= 4 is 11.0 Å². The zero-order valence-electron chi connectivity index (χ0n) is 11.2. The van der Waals surface area contributed by atoms with Gasteiger partial charge in [0.05, 0.1) is 17.6 Å². The van der Waals surface area contributed by atoms with Crippen LogP contribution in [0.25, 0.3) is 11.0 Å². The molecule has 0 aliphatic heterocycles. The number of aromatic nitrogens is 2. The number of benzene rings is 1. The fourth-order valence-corrected chi connectivity index (χ4v) is 2.07. The van der Waals surface area contributed by atoms with Crippen LogP contribution in [0.1, 0.15) is 26.6 Å². The quantitative estimate of drug-likeness (QED) is 0.826. The van der Waals surface area contributed by atoms with Crippen LogP contribution in [0.2, 0.25) is 0 Å². The molecule has 2 aromatic rings. The van der Waals surface area contributed by atoms with Gasteiger partial charge in [0.15, 0.2) is 0 Å². The van der Waals surface area contributed by atoms with E-state index < -0.39 is 5.60 Å². The summed E-state index contributed by atoms with van der Waals surface area (Å²) in [5, 5.41) is 10.2. The van der Waals surface area contributed by atoms with Gasteiger partial charge in [-0.05, 0) is 32.9 Å². The molecule has 0 unspecified atom stereocenters. The summed E-state index contributed by atoms with van der Waals surface area (Å²) < 4.78 is 7.43. The minimum atomic E-state index is -0.953. The highest BCUT2D eigenvalue weighted by atomic mass is 16.5. The number of rotatable bonds is 5. The summed E-state index contributed by atoms with van der Waals surface area (Å²) in [5.41, 5.74) is 0.992. The Morgan fingerprint density at radius 3 is 2.72 bits per heavy atom. The van der Waals surface area contributed by atoms with E-state index in [-0.39, 0.29) is 0 Å². The summed E-state index contributed by atoms with van der Waals surface area (Å²) in [6, 6.07) is 7.91. The van der Waals surface area contributed by atoms with Gasteiger partial charge in [0.1, 0.15) is 11.4 Å². The van der Waals surface area contributed by atoms with Crippen molar-refractivity contribution in [3.8, 4) is 0 Å². The number of hydrogen-bond acceptors (Lipinski definition) is 3. The molecule has 4 nitrogen and oxygen atoms in total. The number of aliphatic hydroxyl groups is 1. The SMILES string of the molecule is CCOCCn1c(C(C)(C)O)nc2ccccc21. The fraction of sp³-hybridized carbons (Fsp3) is 0.500. The average molecular weight is 248 g/mol. The van der Waals surface area contributed by atoms with Crippen LogP contribution in [-0.4, -0.2) is 27.9 Å². The normalized spacial score (nSPS) is 12.2. The fourth-order valence-electron chi connectivity index (χ4n) is 2.07. The lowest BCUT2D eigenvalue weighted by Gasteiger charge is -2.19. The molecule has 4 heteroatoms. The van der Waals surface area contributed by atoms with Gasteiger partial charge in [0.25, 0.3) is 0 Å². The Morgan fingerprint density at radius 1 is 1.33 bits per heavy atom. The van der Waals surface area contributed by atoms with Gasteiger partial charge in [0.2, 0.25) is 0 Å². The molecule has 1 aromatic heterocycles. The number of para-hydroxylation sites is 2. The second kappa shape index (κ2) is 5.08. The Hall–Kier alpha value is -1.39. The largest absolute Gasteiger partial charge is 0.383 e. The molecule has 1 aromatic carbocycles. The van der Waals surface area contributed by atoms with Crippen LogP contribution in [0.4, 0.5) is 0 Å². The number of fused-ring (bicyclic) bond motifs is 1. The molecule has 18 heavy (non-hydrogen) atoms. The standard InChI is InChI=1S/C14H20N2O2/c1-4-18-10-9-16-12-8-6-5-7-11(12)15-13(16)14(2,3)17/h5-8,17H,4,9-10H2,1-3H3. The monoisotopic (exact) mass is 248 g/mol. The Labute approximate surface area is 107 Å². The predicted octanol–water partition coefficient (Wildman–Crippen LogP) is 2.30. The van der Waals surface area contributed by atoms with Crippen molar-refractivity contribution in [2.75, 3.05) is 13.2 Å². The smallest absolute Gasteiger partial charge is 0.141 e. The van der Waals surface area contributed by atoms with Crippen molar-refractivity contribution in [1.82, 2.24) is 9.55 Å². The zero-order valence-corrected chi connectivity index (χ0v) is 11.2. The van der Waals surface area contributed by atoms with Crippen LogP contribution in [0.15, 0.2) is 24.3 Å². The highest BCUT2D eigenvalue weighted by Gasteiger charge is 2.24. The third-order valence-electron chi connectivity index (χ3n) is 2.87. The summed E-state index contributed by atoms with van der Waals surface area (Å²) in [4.78, 5) is 4.52. The number of hydrogen-bond donors (Lipinski definition) is 1. The van der Waals surface area contributed by atoms with Gasteiger partial charge in [-0.1, -0.05) is 12.1 Å². The predicted molar refractivity (Wildman–Crippen MR) is 71.5 cm³/mol. The Kier molecular flexibility index (Phi) is 3.68. The molecule has 0 radical (unpaired) electrons. The Morgan fingerprint density at radius 2 is 2.06 bits per heavy atom. The molecule has 0 aliphatic carbocycles. The highest BCUT2D eigenvalue weighted by molar-refractivity contribution is 5.76. The minimum absolute atomic E-state index is 0.625. The van der Waals surface area contributed by atoms with Crippen LogP contribution in [0, 0.1) is 0 Å². The topological polar surface area (TPSA) is 47.3 Å². The van der Waals surface area contributed by atoms with Crippen LogP contribution in [-0.2, 0) is 16.9 Å². The van der Waals surface area contributed by atoms with Gasteiger partial charge in [-0.3, -0.25) is 0 Å². The van der Waals surface area contributed by atoms with E-state index in [1.54, 1.807) is 13.8 Å². The number of nitrogens with zero attached hydrogens (tertiary/aromatic N) is 2. The van der Waals surface area contributed by atoms with Crippen molar-refractivity contribution in [3.05, 3.63) is 30.1 Å². The molecule has 0 atom stereocenters. The third-order valence-corrected chi connectivity index (χ3v) is 2.87. The van der Waals surface area contributed by atoms with E-state index >= 15 is 0 Å². The Bertz CT molecular complexity index is 526. The van der Waals surface area contributed by atoms with Gasteiger partial charge >= 0.3 is 0 Å². The van der Waals surface area contributed by atoms with E-state index in [4.69, 9.17) is 4.74 Å². The molecule has 0 saturated carbocycles. The van der Waals surface area contributed by atoms with E-state index in [2.05, 4.69) is 4.98 Å². The van der Waals surface area contributed by atoms with Crippen LogP contribution in [0.3, 0.4) is 0 Å². The van der Waals surface area contributed by atoms with Crippen molar-refractivity contribution < 1.29 is 9.84 Å². The maximum Gasteiger partial charge on any atom is 0.141 e. The molecule has 1 heterocycles. The average Bonchev–Trinajstić information content (AvgIpc) is 2.69. The maximum atomic E-state index is 10.2. The van der Waals surface area contributed by atoms with E-state index in [0.717, 1.165) is 11.0 Å². The van der Waals surface area contributed by atoms with E-state index in [1.807, 2.05) is 35.8 Å². The molecule has 0 spiro atoms. The van der Waals surface area contributed by atoms with Gasteiger partial charge in [0, 0.05) is 13.2 Å². The first-order chi connectivity index (χ1) is 8.54. The lowest BCUT2D eigenvalue weighted by molar-refractivity contribution is 0.0623. The summed E-state index contributed by atoms with van der Waals surface area (Å²) >= 11 is 0. The molecule has 0 aliphatic rings. The summed E-state index contributed by atoms with van der Waals surface area (Å²) in [5.74, 6) is 0.684. The first-order valence-corrected chi connectivity index (χ1v) is 6.30. The van der Waals surface area contributed by atoms with Crippen LogP contribution < -0.4 is 0 Å². The lowest BCUT2D eigenvalue weighted by atomic mass is 10.1. The highest BCUT2D eigenvalue weighted by Crippen LogP contribution is 2.24. The summed E-state index contributed by atoms with van der Waals surface area (Å²) in [6.45, 7) is 7.51. The summed E-state index contributed by atoms with van der Waals surface area (Å²) in [6.07, 6.45) is 0. The van der Waals surface area contributed by atoms with E-state index in [9.17, 15) is 5.11 Å². The van der Waals surface area contributed by atoms with Crippen molar-refractivity contribution in [2.24, 2.45) is 0 Å². The molecule has 2 rings (SSSR count). The summed E-state index contributed by atoms with van der Waals surface area (Å²) in [7, 11) is 0. The molecule has 0 saturated heterocycles. The zero-order chi connectivity index (χ0) is 13.2. The Balaban J connectivity index is 2.44. The second-order valence-corrected chi connectivity index (χ2v) is 4.83. The maximum absolute atomic E-state index is 10.2. The van der Waals surface area contributed by atoms with Gasteiger partial charge in [-0.2, -0.15) is 0 Å². The van der Waals surface area contributed by atoms with E-state index in [1.165, 1.54) is 0 Å². The first kappa shape index (κ1) is 13.1. The van der Waals surface area contributed by atoms with Gasteiger partial charge < -0.3 is 14.4 Å². The molecule has 0 amide bonds. The van der Waals surface area contributed by atoms with Crippen molar-refractivity contribution in [1.29, 1.82) is 0 Å².